The van der Waals surface area contributed by atoms with Crippen molar-refractivity contribution in [3.63, 3.8) is 0 Å². The highest BCUT2D eigenvalue weighted by Crippen LogP contribution is 2.23. The molecule has 0 atom stereocenters. The van der Waals surface area contributed by atoms with Gasteiger partial charge >= 0.3 is 0 Å². The Bertz CT molecular complexity index is 302. The molecule has 2 nitrogen and oxygen atoms in total. The van der Waals surface area contributed by atoms with Gasteiger partial charge in [0.05, 0.1) is 12.0 Å². The van der Waals surface area contributed by atoms with Gasteiger partial charge in [-0.2, -0.15) is 0 Å². The van der Waals surface area contributed by atoms with Gasteiger partial charge in [-0.05, 0) is 12.3 Å². The normalized spacial score (nSPS) is 10.6. The fraction of sp³-hybridized carbons (Fsp3) is 0.545. The number of ether oxygens (including phenoxy) is 1. The molecule has 0 fully saturated rings. The van der Waals surface area contributed by atoms with E-state index in [-0.39, 0.29) is 5.78 Å². The zero-order valence-electron chi connectivity index (χ0n) is 8.87. The first kappa shape index (κ1) is 11.2. The van der Waals surface area contributed by atoms with E-state index < -0.39 is 0 Å². The minimum absolute atomic E-state index is 0.229. The van der Waals surface area contributed by atoms with E-state index in [0.717, 1.165) is 17.0 Å². The number of Topliss-reactive ketones (excluding diaryl/α,β-unsaturated/α-hetero) is 1. The molecule has 0 saturated carbocycles. The van der Waals surface area contributed by atoms with Crippen molar-refractivity contribution in [1.82, 2.24) is 0 Å². The molecule has 0 spiro atoms. The van der Waals surface area contributed by atoms with Crippen molar-refractivity contribution >= 4 is 17.1 Å². The molecular weight excluding hydrogens is 196 g/mol. The molecule has 0 bridgehead atoms. The quantitative estimate of drug-likeness (QED) is 0.699. The lowest BCUT2D eigenvalue weighted by Crippen LogP contribution is -1.98. The van der Waals surface area contributed by atoms with E-state index in [1.54, 1.807) is 7.11 Å². The molecule has 1 rings (SSSR count). The highest BCUT2D eigenvalue weighted by molar-refractivity contribution is 7.12. The van der Waals surface area contributed by atoms with Gasteiger partial charge in [0.2, 0.25) is 0 Å². The molecule has 0 aliphatic carbocycles. The number of hydrogen-bond acceptors (Lipinski definition) is 3. The molecule has 1 heterocycles. The summed E-state index contributed by atoms with van der Waals surface area (Å²) in [5, 5.41) is 1.86. The van der Waals surface area contributed by atoms with Gasteiger partial charge in [-0.3, -0.25) is 4.79 Å². The molecule has 1 aromatic rings. The number of carbonyl (C=O) groups is 1. The molecule has 3 heteroatoms. The van der Waals surface area contributed by atoms with Gasteiger partial charge in [0.25, 0.3) is 0 Å². The van der Waals surface area contributed by atoms with E-state index in [9.17, 15) is 4.79 Å². The summed E-state index contributed by atoms with van der Waals surface area (Å²) >= 11 is 1.46. The van der Waals surface area contributed by atoms with Crippen molar-refractivity contribution < 1.29 is 9.53 Å². The van der Waals surface area contributed by atoms with Crippen LogP contribution in [-0.4, -0.2) is 12.9 Å². The Balaban J connectivity index is 2.52. The van der Waals surface area contributed by atoms with Crippen LogP contribution in [-0.2, 0) is 0 Å². The van der Waals surface area contributed by atoms with Crippen molar-refractivity contribution in [2.45, 2.75) is 26.7 Å². The largest absolute Gasteiger partial charge is 0.496 e. The molecule has 14 heavy (non-hydrogen) atoms. The lowest BCUT2D eigenvalue weighted by Gasteiger charge is -2.01. The Labute approximate surface area is 88.9 Å². The molecular formula is C11H16O2S. The molecule has 0 unspecified atom stereocenters. The fourth-order valence-corrected chi connectivity index (χ4v) is 1.94. The Morgan fingerprint density at radius 2 is 2.29 bits per heavy atom. The Morgan fingerprint density at radius 1 is 1.57 bits per heavy atom. The van der Waals surface area contributed by atoms with E-state index >= 15 is 0 Å². The van der Waals surface area contributed by atoms with Crippen LogP contribution in [0.5, 0.6) is 5.75 Å². The number of rotatable bonds is 5. The molecule has 0 N–H and O–H groups in total. The average molecular weight is 212 g/mol. The number of carbonyl (C=O) groups excluding carboxylic acids is 1. The monoisotopic (exact) mass is 212 g/mol. The molecule has 0 saturated heterocycles. The van der Waals surface area contributed by atoms with Gasteiger partial charge in [0.1, 0.15) is 5.75 Å². The van der Waals surface area contributed by atoms with Crippen molar-refractivity contribution in [1.29, 1.82) is 0 Å². The van der Waals surface area contributed by atoms with Gasteiger partial charge in [0, 0.05) is 17.9 Å². The number of thiophene rings is 1. The van der Waals surface area contributed by atoms with Crippen LogP contribution in [0.4, 0.5) is 0 Å². The van der Waals surface area contributed by atoms with E-state index in [0.29, 0.717) is 12.3 Å². The predicted molar refractivity (Wildman–Crippen MR) is 59.3 cm³/mol. The molecule has 0 aliphatic rings. The molecule has 0 aliphatic heterocycles. The van der Waals surface area contributed by atoms with Gasteiger partial charge in [-0.15, -0.1) is 11.3 Å². The summed E-state index contributed by atoms with van der Waals surface area (Å²) in [6.45, 7) is 4.25. The third-order valence-corrected chi connectivity index (χ3v) is 2.98. The maximum Gasteiger partial charge on any atom is 0.172 e. The van der Waals surface area contributed by atoms with Crippen LogP contribution in [0.3, 0.4) is 0 Å². The fourth-order valence-electron chi connectivity index (χ4n) is 1.12. The first-order valence-electron chi connectivity index (χ1n) is 4.79. The molecule has 78 valence electrons. The molecule has 0 radical (unpaired) electrons. The summed E-state index contributed by atoms with van der Waals surface area (Å²) in [7, 11) is 1.62. The van der Waals surface area contributed by atoms with Crippen LogP contribution in [0.15, 0.2) is 11.4 Å². The first-order valence-corrected chi connectivity index (χ1v) is 5.67. The summed E-state index contributed by atoms with van der Waals surface area (Å²) in [5.74, 6) is 1.59. The van der Waals surface area contributed by atoms with Crippen molar-refractivity contribution in [3.05, 3.63) is 16.3 Å². The van der Waals surface area contributed by atoms with Gasteiger partial charge in [0.15, 0.2) is 5.78 Å². The topological polar surface area (TPSA) is 26.3 Å². The molecule has 1 aromatic heterocycles. The molecule has 0 amide bonds. The van der Waals surface area contributed by atoms with Crippen LogP contribution < -0.4 is 4.74 Å². The third-order valence-electron chi connectivity index (χ3n) is 2.03. The van der Waals surface area contributed by atoms with E-state index in [1.807, 2.05) is 11.4 Å². The Morgan fingerprint density at radius 3 is 2.79 bits per heavy atom. The maximum absolute atomic E-state index is 11.6. The standard InChI is InChI=1S/C11H16O2S/c1-8(2)4-5-10(12)11-6-9(13-3)7-14-11/h6-8H,4-5H2,1-3H3. The second kappa shape index (κ2) is 5.15. The summed E-state index contributed by atoms with van der Waals surface area (Å²) < 4.78 is 5.03. The van der Waals surface area contributed by atoms with Gasteiger partial charge < -0.3 is 4.74 Å². The first-order chi connectivity index (χ1) is 6.63. The van der Waals surface area contributed by atoms with E-state index in [2.05, 4.69) is 13.8 Å². The summed E-state index contributed by atoms with van der Waals surface area (Å²) in [6.07, 6.45) is 1.60. The van der Waals surface area contributed by atoms with Crippen LogP contribution >= 0.6 is 11.3 Å². The van der Waals surface area contributed by atoms with Crippen molar-refractivity contribution in [2.75, 3.05) is 7.11 Å². The van der Waals surface area contributed by atoms with Gasteiger partial charge in [-0.25, -0.2) is 0 Å². The SMILES string of the molecule is COc1csc(C(=O)CCC(C)C)c1. The average Bonchev–Trinajstić information content (AvgIpc) is 2.62. The highest BCUT2D eigenvalue weighted by Gasteiger charge is 2.09. The smallest absolute Gasteiger partial charge is 0.172 e. The minimum atomic E-state index is 0.229. The minimum Gasteiger partial charge on any atom is -0.496 e. The van der Waals surface area contributed by atoms with Crippen LogP contribution in [0.2, 0.25) is 0 Å². The summed E-state index contributed by atoms with van der Waals surface area (Å²) in [4.78, 5) is 12.4. The number of methoxy groups -OCH3 is 1. The second-order valence-electron chi connectivity index (χ2n) is 3.71. The van der Waals surface area contributed by atoms with Crippen molar-refractivity contribution in [2.24, 2.45) is 5.92 Å². The zero-order chi connectivity index (χ0) is 10.6. The van der Waals surface area contributed by atoms with Crippen LogP contribution in [0.25, 0.3) is 0 Å². The lowest BCUT2D eigenvalue weighted by molar-refractivity contribution is 0.0979. The number of ketones is 1. The lowest BCUT2D eigenvalue weighted by atomic mass is 10.1. The van der Waals surface area contributed by atoms with Crippen molar-refractivity contribution in [3.8, 4) is 5.75 Å². The zero-order valence-corrected chi connectivity index (χ0v) is 9.69. The maximum atomic E-state index is 11.6. The Hall–Kier alpha value is -0.830. The third kappa shape index (κ3) is 3.14. The summed E-state index contributed by atoms with van der Waals surface area (Å²) in [6, 6.07) is 1.81. The summed E-state index contributed by atoms with van der Waals surface area (Å²) in [5.41, 5.74) is 0. The molecule has 0 aromatic carbocycles. The van der Waals surface area contributed by atoms with E-state index in [4.69, 9.17) is 4.74 Å². The van der Waals surface area contributed by atoms with Crippen LogP contribution in [0, 0.1) is 5.92 Å². The van der Waals surface area contributed by atoms with E-state index in [1.165, 1.54) is 11.3 Å². The predicted octanol–water partition coefficient (Wildman–Crippen LogP) is 3.38. The number of hydrogen-bond donors (Lipinski definition) is 0. The Kier molecular flexibility index (Phi) is 4.14. The van der Waals surface area contributed by atoms with Crippen LogP contribution in [0.1, 0.15) is 36.4 Å². The van der Waals surface area contributed by atoms with Gasteiger partial charge in [-0.1, -0.05) is 13.8 Å². The highest BCUT2D eigenvalue weighted by atomic mass is 32.1. The second-order valence-corrected chi connectivity index (χ2v) is 4.62.